The minimum Gasteiger partial charge on any atom is -0.493 e. The summed E-state index contributed by atoms with van der Waals surface area (Å²) in [6.07, 6.45) is 5.44. The second-order valence-corrected chi connectivity index (χ2v) is 7.03. The van der Waals surface area contributed by atoms with Gasteiger partial charge in [0, 0.05) is 19.0 Å². The molecule has 1 aromatic rings. The lowest BCUT2D eigenvalue weighted by molar-refractivity contribution is -0.125. The number of carbonyl (C=O) groups excluding carboxylic acids is 1. The number of benzene rings is 1. The zero-order valence-electron chi connectivity index (χ0n) is 15.6. The molecular formula is C20H30N2O3. The third-order valence-electron chi connectivity index (χ3n) is 5.72. The molecule has 1 aliphatic heterocycles. The molecule has 0 spiro atoms. The first-order valence-corrected chi connectivity index (χ1v) is 9.44. The monoisotopic (exact) mass is 346 g/mol. The SMILES string of the molecule is CCN1CCc2cc(OC)c(OC)cc2C1CNC(=O)C1CCCC1. The van der Waals surface area contributed by atoms with Crippen molar-refractivity contribution in [2.24, 2.45) is 5.92 Å². The predicted octanol–water partition coefficient (Wildman–Crippen LogP) is 2.93. The van der Waals surface area contributed by atoms with Gasteiger partial charge in [0.1, 0.15) is 0 Å². The van der Waals surface area contributed by atoms with Gasteiger partial charge in [-0.3, -0.25) is 9.69 Å². The molecule has 5 nitrogen and oxygen atoms in total. The van der Waals surface area contributed by atoms with Crippen LogP contribution in [0.4, 0.5) is 0 Å². The van der Waals surface area contributed by atoms with Crippen molar-refractivity contribution in [1.29, 1.82) is 0 Å². The summed E-state index contributed by atoms with van der Waals surface area (Å²) in [5.41, 5.74) is 2.54. The number of carbonyl (C=O) groups is 1. The summed E-state index contributed by atoms with van der Waals surface area (Å²) < 4.78 is 10.9. The van der Waals surface area contributed by atoms with Crippen molar-refractivity contribution in [1.82, 2.24) is 10.2 Å². The first-order chi connectivity index (χ1) is 12.2. The number of hydrogen-bond donors (Lipinski definition) is 1. The fourth-order valence-corrected chi connectivity index (χ4v) is 4.23. The lowest BCUT2D eigenvalue weighted by atomic mass is 9.91. The number of fused-ring (bicyclic) bond motifs is 1. The minimum atomic E-state index is 0.193. The summed E-state index contributed by atoms with van der Waals surface area (Å²) >= 11 is 0. The van der Waals surface area contributed by atoms with Crippen molar-refractivity contribution >= 4 is 5.91 Å². The zero-order valence-corrected chi connectivity index (χ0v) is 15.6. The Morgan fingerprint density at radius 2 is 1.88 bits per heavy atom. The van der Waals surface area contributed by atoms with Gasteiger partial charge in [-0.15, -0.1) is 0 Å². The molecule has 25 heavy (non-hydrogen) atoms. The van der Waals surface area contributed by atoms with Crippen molar-refractivity contribution in [2.45, 2.75) is 45.1 Å². The van der Waals surface area contributed by atoms with Crippen molar-refractivity contribution in [3.63, 3.8) is 0 Å². The Balaban J connectivity index is 1.80. The van der Waals surface area contributed by atoms with Gasteiger partial charge in [-0.05, 0) is 49.1 Å². The van der Waals surface area contributed by atoms with E-state index in [4.69, 9.17) is 9.47 Å². The maximum atomic E-state index is 12.4. The predicted molar refractivity (Wildman–Crippen MR) is 98.2 cm³/mol. The van der Waals surface area contributed by atoms with E-state index < -0.39 is 0 Å². The van der Waals surface area contributed by atoms with Crippen LogP contribution in [0.2, 0.25) is 0 Å². The van der Waals surface area contributed by atoms with Gasteiger partial charge in [-0.1, -0.05) is 19.8 Å². The molecule has 1 atom stereocenters. The van der Waals surface area contributed by atoms with Crippen LogP contribution in [0, 0.1) is 5.92 Å². The molecule has 2 aliphatic rings. The average Bonchev–Trinajstić information content (AvgIpc) is 3.19. The molecule has 1 heterocycles. The highest BCUT2D eigenvalue weighted by atomic mass is 16.5. The van der Waals surface area contributed by atoms with E-state index in [0.717, 1.165) is 43.9 Å². The number of ether oxygens (including phenoxy) is 2. The average molecular weight is 346 g/mol. The molecule has 1 aliphatic carbocycles. The summed E-state index contributed by atoms with van der Waals surface area (Å²) in [4.78, 5) is 14.9. The molecule has 1 aromatic carbocycles. The molecular weight excluding hydrogens is 316 g/mol. The summed E-state index contributed by atoms with van der Waals surface area (Å²) in [5, 5.41) is 3.21. The Bertz CT molecular complexity index is 611. The van der Waals surface area contributed by atoms with Crippen LogP contribution in [0.5, 0.6) is 11.5 Å². The second kappa shape index (κ2) is 8.09. The number of rotatable bonds is 6. The molecule has 1 saturated carbocycles. The van der Waals surface area contributed by atoms with Crippen LogP contribution < -0.4 is 14.8 Å². The third kappa shape index (κ3) is 3.76. The molecule has 3 rings (SSSR count). The van der Waals surface area contributed by atoms with Gasteiger partial charge in [0.25, 0.3) is 0 Å². The molecule has 0 bridgehead atoms. The maximum absolute atomic E-state index is 12.4. The Morgan fingerprint density at radius 3 is 2.52 bits per heavy atom. The minimum absolute atomic E-state index is 0.193. The highest BCUT2D eigenvalue weighted by Gasteiger charge is 2.30. The quantitative estimate of drug-likeness (QED) is 0.860. The Hall–Kier alpha value is -1.75. The fraction of sp³-hybridized carbons (Fsp3) is 0.650. The lowest BCUT2D eigenvalue weighted by Gasteiger charge is -2.37. The van der Waals surface area contributed by atoms with Crippen LogP contribution in [0.1, 0.15) is 49.8 Å². The second-order valence-electron chi connectivity index (χ2n) is 7.03. The van der Waals surface area contributed by atoms with E-state index in [1.54, 1.807) is 14.2 Å². The molecule has 1 unspecified atom stereocenters. The van der Waals surface area contributed by atoms with Gasteiger partial charge in [0.2, 0.25) is 5.91 Å². The first kappa shape index (κ1) is 18.1. The van der Waals surface area contributed by atoms with Gasteiger partial charge < -0.3 is 14.8 Å². The van der Waals surface area contributed by atoms with Crippen LogP contribution in [-0.4, -0.2) is 44.7 Å². The van der Waals surface area contributed by atoms with E-state index in [9.17, 15) is 4.79 Å². The summed E-state index contributed by atoms with van der Waals surface area (Å²) in [6.45, 7) is 4.81. The van der Waals surface area contributed by atoms with Crippen LogP contribution in [-0.2, 0) is 11.2 Å². The van der Waals surface area contributed by atoms with E-state index in [1.807, 2.05) is 0 Å². The molecule has 138 valence electrons. The third-order valence-corrected chi connectivity index (χ3v) is 5.72. The summed E-state index contributed by atoms with van der Waals surface area (Å²) in [6, 6.07) is 4.37. The van der Waals surface area contributed by atoms with E-state index in [-0.39, 0.29) is 17.9 Å². The molecule has 0 radical (unpaired) electrons. The van der Waals surface area contributed by atoms with Gasteiger partial charge >= 0.3 is 0 Å². The molecule has 1 amide bonds. The van der Waals surface area contributed by atoms with Crippen molar-refractivity contribution in [2.75, 3.05) is 33.9 Å². The van der Waals surface area contributed by atoms with E-state index in [2.05, 4.69) is 29.3 Å². The number of hydrogen-bond acceptors (Lipinski definition) is 4. The Labute approximate surface area is 150 Å². The largest absolute Gasteiger partial charge is 0.493 e. The Morgan fingerprint density at radius 1 is 1.20 bits per heavy atom. The lowest BCUT2D eigenvalue weighted by Crippen LogP contribution is -2.43. The molecule has 0 aromatic heterocycles. The van der Waals surface area contributed by atoms with E-state index >= 15 is 0 Å². The highest BCUT2D eigenvalue weighted by Crippen LogP contribution is 2.38. The smallest absolute Gasteiger partial charge is 0.223 e. The molecule has 1 N–H and O–H groups in total. The van der Waals surface area contributed by atoms with E-state index in [0.29, 0.717) is 6.54 Å². The molecule has 0 saturated heterocycles. The van der Waals surface area contributed by atoms with Crippen molar-refractivity contribution in [3.8, 4) is 11.5 Å². The fourth-order valence-electron chi connectivity index (χ4n) is 4.23. The van der Waals surface area contributed by atoms with Crippen LogP contribution >= 0.6 is 0 Å². The number of nitrogens with zero attached hydrogens (tertiary/aromatic N) is 1. The normalized spacial score (nSPS) is 21.0. The van der Waals surface area contributed by atoms with Gasteiger partial charge in [-0.2, -0.15) is 0 Å². The molecule has 1 fully saturated rings. The van der Waals surface area contributed by atoms with Crippen LogP contribution in [0.25, 0.3) is 0 Å². The maximum Gasteiger partial charge on any atom is 0.223 e. The first-order valence-electron chi connectivity index (χ1n) is 9.44. The number of nitrogens with one attached hydrogen (secondary N) is 1. The summed E-state index contributed by atoms with van der Waals surface area (Å²) in [7, 11) is 3.34. The Kier molecular flexibility index (Phi) is 5.84. The van der Waals surface area contributed by atoms with Crippen LogP contribution in [0.3, 0.4) is 0 Å². The van der Waals surface area contributed by atoms with Crippen LogP contribution in [0.15, 0.2) is 12.1 Å². The summed E-state index contributed by atoms with van der Waals surface area (Å²) in [5.74, 6) is 1.97. The zero-order chi connectivity index (χ0) is 17.8. The number of likely N-dealkylation sites (N-methyl/N-ethyl adjacent to an activating group) is 1. The van der Waals surface area contributed by atoms with Crippen molar-refractivity contribution < 1.29 is 14.3 Å². The standard InChI is InChI=1S/C20H30N2O3/c1-4-22-10-9-15-11-18(24-2)19(25-3)12-16(15)17(22)13-21-20(23)14-7-5-6-8-14/h11-12,14,17H,4-10,13H2,1-3H3,(H,21,23). The molecule has 5 heteroatoms. The van der Waals surface area contributed by atoms with Crippen molar-refractivity contribution in [3.05, 3.63) is 23.3 Å². The van der Waals surface area contributed by atoms with Gasteiger partial charge in [0.05, 0.1) is 20.3 Å². The topological polar surface area (TPSA) is 50.8 Å². The van der Waals surface area contributed by atoms with E-state index in [1.165, 1.54) is 24.0 Å². The van der Waals surface area contributed by atoms with Gasteiger partial charge in [-0.25, -0.2) is 0 Å². The number of methoxy groups -OCH3 is 2. The van der Waals surface area contributed by atoms with Gasteiger partial charge in [0.15, 0.2) is 11.5 Å². The number of amides is 1. The highest BCUT2D eigenvalue weighted by molar-refractivity contribution is 5.78.